The lowest BCUT2D eigenvalue weighted by atomic mass is 10.1. The summed E-state index contributed by atoms with van der Waals surface area (Å²) in [7, 11) is 1.64. The number of hydrogen-bond acceptors (Lipinski definition) is 7. The number of amides is 1. The first-order valence-electron chi connectivity index (χ1n) is 12.7. The van der Waals surface area contributed by atoms with Gasteiger partial charge in [0.1, 0.15) is 0 Å². The van der Waals surface area contributed by atoms with Crippen molar-refractivity contribution in [3.8, 4) is 11.5 Å². The van der Waals surface area contributed by atoms with Crippen LogP contribution in [0.2, 0.25) is 0 Å². The first kappa shape index (κ1) is 26.9. The van der Waals surface area contributed by atoms with Crippen LogP contribution in [0.3, 0.4) is 0 Å². The largest absolute Gasteiger partial charge is 0.493 e. The van der Waals surface area contributed by atoms with Crippen molar-refractivity contribution in [1.29, 1.82) is 0 Å². The molecule has 8 heteroatoms. The van der Waals surface area contributed by atoms with E-state index in [4.69, 9.17) is 14.5 Å². The first-order chi connectivity index (χ1) is 18.1. The monoisotopic (exact) mass is 535 g/mol. The number of anilines is 1. The molecule has 0 N–H and O–H groups in total. The lowest BCUT2D eigenvalue weighted by Gasteiger charge is -2.15. The standard InChI is InChI=1S/C29H33N3O3S2/c1-4-5-6-7-8-12-17-35-24-16-15-22(18-25(24)34-3)19-26-27(33)32(23-13-10-9-11-14-23)29(37-26)31-28-30-21(2)20-36-28/h9-11,13-16,18-20H,4-8,12,17H2,1-3H3/b26-19-,31-29+. The second kappa shape index (κ2) is 13.4. The number of aromatic nitrogens is 1. The number of rotatable bonds is 12. The Kier molecular flexibility index (Phi) is 9.79. The Morgan fingerprint density at radius 2 is 1.81 bits per heavy atom. The zero-order valence-corrected chi connectivity index (χ0v) is 23.2. The van der Waals surface area contributed by atoms with Gasteiger partial charge < -0.3 is 9.47 Å². The molecule has 1 aliphatic rings. The number of carbonyl (C=O) groups excluding carboxylic acids is 1. The maximum absolute atomic E-state index is 13.5. The van der Waals surface area contributed by atoms with Crippen LogP contribution in [0.25, 0.3) is 6.08 Å². The SMILES string of the molecule is CCCCCCCCOc1ccc(/C=C2\S/C(=N/c3nc(C)cs3)N(c3ccccc3)C2=O)cc1OC. The number of methoxy groups -OCH3 is 1. The highest BCUT2D eigenvalue weighted by atomic mass is 32.2. The summed E-state index contributed by atoms with van der Waals surface area (Å²) in [5.41, 5.74) is 2.54. The predicted molar refractivity (Wildman–Crippen MR) is 155 cm³/mol. The molecule has 4 rings (SSSR count). The molecular formula is C29H33N3O3S2. The average molecular weight is 536 g/mol. The molecule has 0 bridgehead atoms. The van der Waals surface area contributed by atoms with E-state index in [2.05, 4.69) is 11.9 Å². The van der Waals surface area contributed by atoms with E-state index in [-0.39, 0.29) is 5.91 Å². The molecule has 1 fully saturated rings. The van der Waals surface area contributed by atoms with E-state index >= 15 is 0 Å². The van der Waals surface area contributed by atoms with Crippen LogP contribution in [0.15, 0.2) is 63.8 Å². The number of thiazole rings is 1. The maximum Gasteiger partial charge on any atom is 0.271 e. The van der Waals surface area contributed by atoms with Gasteiger partial charge in [0.05, 0.1) is 30.0 Å². The molecule has 0 atom stereocenters. The third-order valence-corrected chi connectivity index (χ3v) is 7.68. The van der Waals surface area contributed by atoms with E-state index in [1.165, 1.54) is 55.2 Å². The molecule has 1 aromatic heterocycles. The average Bonchev–Trinajstić information content (AvgIpc) is 3.46. The van der Waals surface area contributed by atoms with Crippen molar-refractivity contribution >= 4 is 51.1 Å². The van der Waals surface area contributed by atoms with Gasteiger partial charge in [-0.25, -0.2) is 4.98 Å². The van der Waals surface area contributed by atoms with E-state index in [0.717, 1.165) is 29.1 Å². The lowest BCUT2D eigenvalue weighted by Crippen LogP contribution is -2.28. The molecule has 0 aliphatic carbocycles. The van der Waals surface area contributed by atoms with E-state index in [9.17, 15) is 4.79 Å². The van der Waals surface area contributed by atoms with Gasteiger partial charge in [0, 0.05) is 5.38 Å². The topological polar surface area (TPSA) is 64.0 Å². The Labute approximate surface area is 227 Å². The van der Waals surface area contributed by atoms with Crippen molar-refractivity contribution in [3.63, 3.8) is 0 Å². The van der Waals surface area contributed by atoms with Crippen molar-refractivity contribution < 1.29 is 14.3 Å². The number of amidine groups is 1. The van der Waals surface area contributed by atoms with E-state index in [1.54, 1.807) is 12.0 Å². The molecule has 0 saturated carbocycles. The highest BCUT2D eigenvalue weighted by Gasteiger charge is 2.35. The second-order valence-electron chi connectivity index (χ2n) is 8.78. The number of unbranched alkanes of at least 4 members (excludes halogenated alkanes) is 5. The van der Waals surface area contributed by atoms with Gasteiger partial charge in [-0.15, -0.1) is 11.3 Å². The van der Waals surface area contributed by atoms with Gasteiger partial charge in [-0.05, 0) is 61.0 Å². The van der Waals surface area contributed by atoms with Crippen molar-refractivity contribution in [2.75, 3.05) is 18.6 Å². The fraction of sp³-hybridized carbons (Fsp3) is 0.345. The molecule has 0 spiro atoms. The summed E-state index contributed by atoms with van der Waals surface area (Å²) in [4.78, 5) is 24.9. The first-order valence-corrected chi connectivity index (χ1v) is 14.4. The number of aliphatic imine (C=N–C) groups is 1. The second-order valence-corrected chi connectivity index (χ2v) is 10.6. The highest BCUT2D eigenvalue weighted by Crippen LogP contribution is 2.38. The van der Waals surface area contributed by atoms with Crippen molar-refractivity contribution in [1.82, 2.24) is 4.98 Å². The molecule has 1 aliphatic heterocycles. The fourth-order valence-corrected chi connectivity index (χ4v) is 5.64. The Bertz CT molecular complexity index is 1250. The van der Waals surface area contributed by atoms with Crippen LogP contribution in [0.1, 0.15) is 56.7 Å². The summed E-state index contributed by atoms with van der Waals surface area (Å²) in [6.07, 6.45) is 9.17. The molecule has 2 heterocycles. The molecule has 3 aromatic rings. The van der Waals surface area contributed by atoms with E-state index in [1.807, 2.05) is 66.9 Å². The van der Waals surface area contributed by atoms with Crippen molar-refractivity contribution in [3.05, 3.63) is 70.1 Å². The smallest absolute Gasteiger partial charge is 0.271 e. The molecule has 0 radical (unpaired) electrons. The Morgan fingerprint density at radius 1 is 1.03 bits per heavy atom. The van der Waals surface area contributed by atoms with Crippen LogP contribution in [-0.2, 0) is 4.79 Å². The number of thioether (sulfide) groups is 1. The van der Waals surface area contributed by atoms with E-state index < -0.39 is 0 Å². The quantitative estimate of drug-likeness (QED) is 0.174. The maximum atomic E-state index is 13.5. The zero-order chi connectivity index (χ0) is 26.0. The predicted octanol–water partition coefficient (Wildman–Crippen LogP) is 8.01. The normalized spacial score (nSPS) is 15.6. The summed E-state index contributed by atoms with van der Waals surface area (Å²) in [6.45, 7) is 4.83. The molecule has 194 valence electrons. The third kappa shape index (κ3) is 7.23. The minimum absolute atomic E-state index is 0.120. The van der Waals surface area contributed by atoms with Crippen molar-refractivity contribution in [2.45, 2.75) is 52.4 Å². The number of para-hydroxylation sites is 1. The fourth-order valence-electron chi connectivity index (χ4n) is 3.94. The number of benzene rings is 2. The number of nitrogens with zero attached hydrogens (tertiary/aromatic N) is 3. The summed E-state index contributed by atoms with van der Waals surface area (Å²) in [5, 5.41) is 3.17. The molecule has 1 amide bonds. The molecule has 0 unspecified atom stereocenters. The zero-order valence-electron chi connectivity index (χ0n) is 21.6. The van der Waals surface area contributed by atoms with Gasteiger partial charge in [0.2, 0.25) is 5.13 Å². The Balaban J connectivity index is 1.51. The molecule has 1 saturated heterocycles. The minimum atomic E-state index is -0.120. The highest BCUT2D eigenvalue weighted by molar-refractivity contribution is 8.19. The Hall–Kier alpha value is -3.10. The number of carbonyl (C=O) groups is 1. The third-order valence-electron chi connectivity index (χ3n) is 5.86. The molecular weight excluding hydrogens is 502 g/mol. The van der Waals surface area contributed by atoms with Crippen LogP contribution in [0, 0.1) is 6.92 Å². The van der Waals surface area contributed by atoms with Crippen LogP contribution in [-0.4, -0.2) is 29.8 Å². The van der Waals surface area contributed by atoms with Crippen LogP contribution < -0.4 is 14.4 Å². The van der Waals surface area contributed by atoms with Crippen LogP contribution in [0.5, 0.6) is 11.5 Å². The van der Waals surface area contributed by atoms with Crippen molar-refractivity contribution in [2.24, 2.45) is 4.99 Å². The summed E-state index contributed by atoms with van der Waals surface area (Å²) < 4.78 is 11.6. The van der Waals surface area contributed by atoms with Gasteiger partial charge in [-0.1, -0.05) is 63.3 Å². The van der Waals surface area contributed by atoms with Gasteiger partial charge >= 0.3 is 0 Å². The minimum Gasteiger partial charge on any atom is -0.493 e. The summed E-state index contributed by atoms with van der Waals surface area (Å²) in [5.74, 6) is 1.25. The summed E-state index contributed by atoms with van der Waals surface area (Å²) >= 11 is 2.80. The summed E-state index contributed by atoms with van der Waals surface area (Å²) in [6, 6.07) is 15.3. The number of aryl methyl sites for hydroxylation is 1. The van der Waals surface area contributed by atoms with Crippen LogP contribution in [0.4, 0.5) is 10.8 Å². The lowest BCUT2D eigenvalue weighted by molar-refractivity contribution is -0.113. The number of hydrogen-bond donors (Lipinski definition) is 0. The van der Waals surface area contributed by atoms with Gasteiger partial charge in [-0.3, -0.25) is 9.69 Å². The van der Waals surface area contributed by atoms with Gasteiger partial charge in [0.25, 0.3) is 5.91 Å². The van der Waals surface area contributed by atoms with Gasteiger partial charge in [0.15, 0.2) is 16.7 Å². The number of ether oxygens (including phenoxy) is 2. The molecule has 6 nitrogen and oxygen atoms in total. The van der Waals surface area contributed by atoms with Crippen LogP contribution >= 0.6 is 23.1 Å². The Morgan fingerprint density at radius 3 is 2.54 bits per heavy atom. The molecule has 37 heavy (non-hydrogen) atoms. The van der Waals surface area contributed by atoms with Gasteiger partial charge in [-0.2, -0.15) is 4.99 Å². The molecule has 2 aromatic carbocycles. The van der Waals surface area contributed by atoms with E-state index in [0.29, 0.717) is 27.6 Å².